The van der Waals surface area contributed by atoms with Gasteiger partial charge in [0.05, 0.1) is 5.52 Å². The van der Waals surface area contributed by atoms with Crippen LogP contribution in [0, 0.1) is 18.6 Å². The van der Waals surface area contributed by atoms with Crippen molar-refractivity contribution in [2.75, 3.05) is 6.54 Å². The molecule has 0 radical (unpaired) electrons. The third-order valence-corrected chi connectivity index (χ3v) is 4.83. The number of carbonyl (C=O) groups is 1. The van der Waals surface area contributed by atoms with E-state index in [1.165, 1.54) is 18.2 Å². The Morgan fingerprint density at radius 3 is 2.62 bits per heavy atom. The SMILES string of the molecule is Cc1[nH]c2c(F)c(F)ccc2c1CCNC(=O)Oc1cc2cc(OC(F)(F)F)ccc2[nH]1. The number of aromatic nitrogens is 2. The molecule has 2 heterocycles. The van der Waals surface area contributed by atoms with E-state index in [-0.39, 0.29) is 17.9 Å². The van der Waals surface area contributed by atoms with Gasteiger partial charge in [-0.2, -0.15) is 0 Å². The largest absolute Gasteiger partial charge is 0.573 e. The lowest BCUT2D eigenvalue weighted by atomic mass is 10.1. The average Bonchev–Trinajstić information content (AvgIpc) is 3.23. The van der Waals surface area contributed by atoms with E-state index in [0.717, 1.165) is 23.8 Å². The molecule has 2 aromatic carbocycles. The van der Waals surface area contributed by atoms with Gasteiger partial charge in [-0.25, -0.2) is 13.6 Å². The fourth-order valence-electron chi connectivity index (χ4n) is 3.47. The molecular formula is C21H16F5N3O3. The molecule has 0 aliphatic rings. The molecule has 0 spiro atoms. The van der Waals surface area contributed by atoms with Crippen LogP contribution in [0.15, 0.2) is 36.4 Å². The van der Waals surface area contributed by atoms with E-state index in [1.807, 2.05) is 0 Å². The molecule has 3 N–H and O–H groups in total. The van der Waals surface area contributed by atoms with Crippen molar-refractivity contribution in [3.63, 3.8) is 0 Å². The first-order valence-electron chi connectivity index (χ1n) is 9.40. The highest BCUT2D eigenvalue weighted by Crippen LogP contribution is 2.29. The van der Waals surface area contributed by atoms with E-state index in [1.54, 1.807) is 6.92 Å². The molecule has 0 aliphatic carbocycles. The number of fused-ring (bicyclic) bond motifs is 2. The first-order chi connectivity index (χ1) is 15.1. The van der Waals surface area contributed by atoms with Gasteiger partial charge < -0.3 is 24.8 Å². The number of ether oxygens (including phenoxy) is 2. The van der Waals surface area contributed by atoms with Gasteiger partial charge in [-0.05, 0) is 49.2 Å². The number of rotatable bonds is 5. The molecule has 0 atom stereocenters. The Kier molecular flexibility index (Phi) is 5.41. The number of benzene rings is 2. The summed E-state index contributed by atoms with van der Waals surface area (Å²) in [6.07, 6.45) is -5.28. The van der Waals surface area contributed by atoms with Crippen LogP contribution in [0.25, 0.3) is 21.8 Å². The predicted molar refractivity (Wildman–Crippen MR) is 106 cm³/mol. The van der Waals surface area contributed by atoms with Gasteiger partial charge in [-0.1, -0.05) is 0 Å². The van der Waals surface area contributed by atoms with Gasteiger partial charge in [0.2, 0.25) is 5.88 Å². The molecule has 1 amide bonds. The summed E-state index contributed by atoms with van der Waals surface area (Å²) in [7, 11) is 0. The van der Waals surface area contributed by atoms with Gasteiger partial charge in [0.25, 0.3) is 0 Å². The second kappa shape index (κ2) is 8.06. The molecule has 4 rings (SSSR count). The van der Waals surface area contributed by atoms with E-state index in [4.69, 9.17) is 4.74 Å². The molecule has 168 valence electrons. The van der Waals surface area contributed by atoms with Gasteiger partial charge in [0.15, 0.2) is 11.6 Å². The molecule has 32 heavy (non-hydrogen) atoms. The van der Waals surface area contributed by atoms with Gasteiger partial charge in [0.1, 0.15) is 5.75 Å². The zero-order valence-electron chi connectivity index (χ0n) is 16.5. The van der Waals surface area contributed by atoms with Gasteiger partial charge >= 0.3 is 12.5 Å². The van der Waals surface area contributed by atoms with Crippen LogP contribution >= 0.6 is 0 Å². The van der Waals surface area contributed by atoms with Crippen molar-refractivity contribution < 1.29 is 36.2 Å². The normalized spacial score (nSPS) is 11.8. The van der Waals surface area contributed by atoms with E-state index in [0.29, 0.717) is 28.4 Å². The van der Waals surface area contributed by atoms with Crippen molar-refractivity contribution in [1.29, 1.82) is 0 Å². The molecule has 2 aromatic heterocycles. The Hall–Kier alpha value is -3.76. The molecular weight excluding hydrogens is 437 g/mol. The summed E-state index contributed by atoms with van der Waals surface area (Å²) in [6.45, 7) is 1.86. The number of carbonyl (C=O) groups excluding carboxylic acids is 1. The van der Waals surface area contributed by atoms with Crippen molar-refractivity contribution in [3.8, 4) is 11.6 Å². The number of alkyl halides is 3. The molecule has 0 saturated heterocycles. The van der Waals surface area contributed by atoms with Gasteiger partial charge in [-0.3, -0.25) is 0 Å². The van der Waals surface area contributed by atoms with Crippen LogP contribution in [0.1, 0.15) is 11.3 Å². The minimum Gasteiger partial charge on any atom is -0.406 e. The molecule has 0 unspecified atom stereocenters. The number of hydrogen-bond acceptors (Lipinski definition) is 3. The Morgan fingerprint density at radius 2 is 1.88 bits per heavy atom. The first kappa shape index (κ1) is 21.5. The quantitative estimate of drug-likeness (QED) is 0.351. The molecule has 0 saturated carbocycles. The minimum atomic E-state index is -4.81. The minimum absolute atomic E-state index is 0.0301. The van der Waals surface area contributed by atoms with Gasteiger partial charge in [-0.15, -0.1) is 13.2 Å². The standard InChI is InChI=1S/C21H16F5N3O3/c1-10-13(14-3-4-15(22)18(23)19(14)28-10)6-7-27-20(30)31-17-9-11-8-12(32-21(24,25)26)2-5-16(11)29-17/h2-5,8-9,28-29H,6-7H2,1H3,(H,27,30). The summed E-state index contributed by atoms with van der Waals surface area (Å²) in [5.74, 6) is -2.29. The summed E-state index contributed by atoms with van der Waals surface area (Å²) in [4.78, 5) is 17.6. The highest BCUT2D eigenvalue weighted by atomic mass is 19.4. The Bertz CT molecular complexity index is 1310. The maximum atomic E-state index is 13.9. The van der Waals surface area contributed by atoms with Crippen molar-refractivity contribution in [1.82, 2.24) is 15.3 Å². The summed E-state index contributed by atoms with van der Waals surface area (Å²) in [6, 6.07) is 7.52. The van der Waals surface area contributed by atoms with Crippen LogP contribution in [-0.4, -0.2) is 29.0 Å². The predicted octanol–water partition coefficient (Wildman–Crippen LogP) is 5.47. The lowest BCUT2D eigenvalue weighted by molar-refractivity contribution is -0.274. The van der Waals surface area contributed by atoms with Crippen LogP contribution in [-0.2, 0) is 6.42 Å². The molecule has 0 fully saturated rings. The number of aryl methyl sites for hydroxylation is 1. The Balaban J connectivity index is 1.38. The monoisotopic (exact) mass is 453 g/mol. The number of hydrogen-bond donors (Lipinski definition) is 3. The van der Waals surface area contributed by atoms with Crippen LogP contribution in [0.3, 0.4) is 0 Å². The zero-order chi connectivity index (χ0) is 23.0. The van der Waals surface area contributed by atoms with E-state index in [2.05, 4.69) is 20.0 Å². The van der Waals surface area contributed by atoms with Crippen LogP contribution < -0.4 is 14.8 Å². The molecule has 4 aromatic rings. The summed E-state index contributed by atoms with van der Waals surface area (Å²) in [5.41, 5.74) is 1.88. The summed E-state index contributed by atoms with van der Waals surface area (Å²) in [5, 5.41) is 3.41. The second-order valence-electron chi connectivity index (χ2n) is 7.01. The Labute approximate surface area is 177 Å². The molecule has 6 nitrogen and oxygen atoms in total. The first-order valence-corrected chi connectivity index (χ1v) is 9.40. The second-order valence-corrected chi connectivity index (χ2v) is 7.01. The number of halogens is 5. The lowest BCUT2D eigenvalue weighted by Crippen LogP contribution is -2.28. The van der Waals surface area contributed by atoms with Crippen molar-refractivity contribution >= 4 is 27.9 Å². The number of nitrogens with one attached hydrogen (secondary N) is 3. The fraction of sp³-hybridized carbons (Fsp3) is 0.190. The van der Waals surface area contributed by atoms with Crippen molar-refractivity contribution in [2.45, 2.75) is 19.7 Å². The molecule has 0 aliphatic heterocycles. The highest BCUT2D eigenvalue weighted by molar-refractivity contribution is 5.86. The number of aromatic amines is 2. The van der Waals surface area contributed by atoms with Crippen molar-refractivity contribution in [2.24, 2.45) is 0 Å². The summed E-state index contributed by atoms with van der Waals surface area (Å²) >= 11 is 0. The van der Waals surface area contributed by atoms with E-state index >= 15 is 0 Å². The number of amides is 1. The fourth-order valence-corrected chi connectivity index (χ4v) is 3.47. The topological polar surface area (TPSA) is 79.1 Å². The third-order valence-electron chi connectivity index (χ3n) is 4.83. The molecule has 11 heteroatoms. The Morgan fingerprint density at radius 1 is 1.09 bits per heavy atom. The number of H-pyrrole nitrogens is 2. The average molecular weight is 453 g/mol. The van der Waals surface area contributed by atoms with E-state index in [9.17, 15) is 26.7 Å². The van der Waals surface area contributed by atoms with Crippen LogP contribution in [0.4, 0.5) is 26.7 Å². The van der Waals surface area contributed by atoms with E-state index < -0.39 is 29.8 Å². The maximum Gasteiger partial charge on any atom is 0.573 e. The highest BCUT2D eigenvalue weighted by Gasteiger charge is 2.31. The maximum absolute atomic E-state index is 13.9. The van der Waals surface area contributed by atoms with Crippen LogP contribution in [0.2, 0.25) is 0 Å². The zero-order valence-corrected chi connectivity index (χ0v) is 16.5. The van der Waals surface area contributed by atoms with Crippen LogP contribution in [0.5, 0.6) is 11.6 Å². The third kappa shape index (κ3) is 4.46. The summed E-state index contributed by atoms with van der Waals surface area (Å²) < 4.78 is 73.3. The van der Waals surface area contributed by atoms with Crippen molar-refractivity contribution in [3.05, 3.63) is 59.3 Å². The van der Waals surface area contributed by atoms with Gasteiger partial charge in [0, 0.05) is 34.6 Å². The molecule has 0 bridgehead atoms. The smallest absolute Gasteiger partial charge is 0.406 e. The lowest BCUT2D eigenvalue weighted by Gasteiger charge is -2.08.